The maximum absolute atomic E-state index is 2.26. The van der Waals surface area contributed by atoms with Gasteiger partial charge in [-0.15, -0.1) is 0 Å². The van der Waals surface area contributed by atoms with E-state index in [-0.39, 0.29) is 0 Å². The van der Waals surface area contributed by atoms with Gasteiger partial charge in [-0.2, -0.15) is 0 Å². The lowest BCUT2D eigenvalue weighted by molar-refractivity contribution is 0.611. The Balaban J connectivity index is 0. The molecule has 0 aliphatic heterocycles. The molecule has 0 aromatic carbocycles. The highest BCUT2D eigenvalue weighted by molar-refractivity contribution is 4.76. The second-order valence-electron chi connectivity index (χ2n) is 5.54. The molecule has 0 aliphatic rings. The van der Waals surface area contributed by atoms with E-state index < -0.39 is 0 Å². The fraction of sp³-hybridized carbons (Fsp3) is 0.895. The first-order valence-corrected chi connectivity index (χ1v) is 8.94. The highest BCUT2D eigenvalue weighted by Crippen LogP contribution is 2.06. The molecule has 0 saturated heterocycles. The molecule has 0 atom stereocenters. The maximum Gasteiger partial charge on any atom is -0.0351 e. The normalized spacial score (nSPS) is 10.5. The fourth-order valence-corrected chi connectivity index (χ4v) is 2.06. The second-order valence-corrected chi connectivity index (χ2v) is 5.54. The molecule has 0 heteroatoms. The van der Waals surface area contributed by atoms with Crippen LogP contribution in [-0.2, 0) is 0 Å². The van der Waals surface area contributed by atoms with Crippen molar-refractivity contribution in [2.75, 3.05) is 0 Å². The van der Waals surface area contributed by atoms with Crippen LogP contribution >= 0.6 is 0 Å². The van der Waals surface area contributed by atoms with E-state index in [2.05, 4.69) is 39.8 Å². The van der Waals surface area contributed by atoms with Crippen LogP contribution in [0.4, 0.5) is 0 Å². The van der Waals surface area contributed by atoms with Gasteiger partial charge in [-0.1, -0.05) is 104 Å². The smallest absolute Gasteiger partial charge is 0.0351 e. The molecular formula is C19H40. The first kappa shape index (κ1) is 21.0. The molecule has 0 rings (SSSR count). The van der Waals surface area contributed by atoms with Gasteiger partial charge in [-0.05, 0) is 19.8 Å². The van der Waals surface area contributed by atoms with Crippen LogP contribution in [0, 0.1) is 0 Å². The summed E-state index contributed by atoms with van der Waals surface area (Å²) in [6.45, 7) is 8.87. The largest absolute Gasteiger partial charge is 0.0917 e. The van der Waals surface area contributed by atoms with Crippen molar-refractivity contribution >= 4 is 0 Å². The van der Waals surface area contributed by atoms with Crippen molar-refractivity contribution in [3.63, 3.8) is 0 Å². The topological polar surface area (TPSA) is 0 Å². The van der Waals surface area contributed by atoms with Crippen LogP contribution in [0.15, 0.2) is 12.2 Å². The summed E-state index contributed by atoms with van der Waals surface area (Å²) in [5.41, 5.74) is 0. The lowest BCUT2D eigenvalue weighted by atomic mass is 10.1. The molecule has 0 amide bonds. The number of unbranched alkanes of at least 4 members (excludes halogenated alkanes) is 11. The summed E-state index contributed by atoms with van der Waals surface area (Å²) in [5, 5.41) is 0. The summed E-state index contributed by atoms with van der Waals surface area (Å²) in [6, 6.07) is 0. The van der Waals surface area contributed by atoms with Crippen molar-refractivity contribution in [3.05, 3.63) is 12.2 Å². The Kier molecular flexibility index (Phi) is 25.3. The zero-order valence-corrected chi connectivity index (χ0v) is 14.3. The highest BCUT2D eigenvalue weighted by atomic mass is 13.9. The number of hydrogen-bond donors (Lipinski definition) is 0. The molecule has 0 radical (unpaired) electrons. The summed E-state index contributed by atoms with van der Waals surface area (Å²) < 4.78 is 0. The predicted octanol–water partition coefficient (Wildman–Crippen LogP) is 7.68. The Morgan fingerprint density at radius 1 is 0.526 bits per heavy atom. The highest BCUT2D eigenvalue weighted by Gasteiger charge is 1.87. The van der Waals surface area contributed by atoms with Gasteiger partial charge in [0.2, 0.25) is 0 Å². The third-order valence-corrected chi connectivity index (χ3v) is 3.42. The third-order valence-electron chi connectivity index (χ3n) is 3.42. The van der Waals surface area contributed by atoms with Crippen LogP contribution in [0.2, 0.25) is 0 Å². The van der Waals surface area contributed by atoms with E-state index in [9.17, 15) is 0 Å². The number of rotatable bonds is 12. The number of allylic oxidation sites excluding steroid dienone is 2. The second kappa shape index (κ2) is 22.9. The third kappa shape index (κ3) is 27.1. The molecule has 0 aromatic heterocycles. The van der Waals surface area contributed by atoms with Crippen molar-refractivity contribution in [1.29, 1.82) is 0 Å². The monoisotopic (exact) mass is 268 g/mol. The van der Waals surface area contributed by atoms with Crippen molar-refractivity contribution < 1.29 is 0 Å². The molecule has 0 heterocycles. The van der Waals surface area contributed by atoms with E-state index in [0.29, 0.717) is 0 Å². The molecular weight excluding hydrogens is 228 g/mol. The Hall–Kier alpha value is -0.260. The van der Waals surface area contributed by atoms with Crippen LogP contribution in [-0.4, -0.2) is 0 Å². The Morgan fingerprint density at radius 3 is 1.26 bits per heavy atom. The quantitative estimate of drug-likeness (QED) is 0.251. The van der Waals surface area contributed by atoms with Crippen molar-refractivity contribution in [2.24, 2.45) is 0 Å². The minimum absolute atomic E-state index is 1.28. The molecule has 0 nitrogen and oxygen atoms in total. The molecule has 0 spiro atoms. The first-order chi connectivity index (χ1) is 9.33. The van der Waals surface area contributed by atoms with E-state index in [1.54, 1.807) is 0 Å². The Morgan fingerprint density at radius 2 is 0.895 bits per heavy atom. The van der Waals surface area contributed by atoms with Crippen LogP contribution in [0.5, 0.6) is 0 Å². The molecule has 0 N–H and O–H groups in total. The van der Waals surface area contributed by atoms with Gasteiger partial charge in [-0.3, -0.25) is 0 Å². The first-order valence-electron chi connectivity index (χ1n) is 8.94. The van der Waals surface area contributed by atoms with Gasteiger partial charge in [0.25, 0.3) is 0 Å². The predicted molar refractivity (Wildman–Crippen MR) is 91.9 cm³/mol. The molecule has 0 bridgehead atoms. The molecule has 0 saturated carbocycles. The van der Waals surface area contributed by atoms with Crippen molar-refractivity contribution in [3.8, 4) is 0 Å². The van der Waals surface area contributed by atoms with Crippen LogP contribution < -0.4 is 0 Å². The van der Waals surface area contributed by atoms with E-state index in [1.165, 1.54) is 83.5 Å². The summed E-state index contributed by atoms with van der Waals surface area (Å²) in [5.74, 6) is 0. The van der Waals surface area contributed by atoms with Gasteiger partial charge in [-0.25, -0.2) is 0 Å². The van der Waals surface area contributed by atoms with E-state index >= 15 is 0 Å². The van der Waals surface area contributed by atoms with Crippen molar-refractivity contribution in [2.45, 2.75) is 111 Å². The minimum atomic E-state index is 1.28. The summed E-state index contributed by atoms with van der Waals surface area (Å²) in [7, 11) is 0. The number of hydrogen-bond acceptors (Lipinski definition) is 0. The lowest BCUT2D eigenvalue weighted by Gasteiger charge is -1.96. The van der Waals surface area contributed by atoms with Gasteiger partial charge in [0.15, 0.2) is 0 Å². The lowest BCUT2D eigenvalue weighted by Crippen LogP contribution is -1.77. The van der Waals surface area contributed by atoms with Crippen LogP contribution in [0.1, 0.15) is 111 Å². The average Bonchev–Trinajstić information content (AvgIpc) is 2.44. The molecule has 0 unspecified atom stereocenters. The molecule has 19 heavy (non-hydrogen) atoms. The van der Waals surface area contributed by atoms with Gasteiger partial charge in [0.05, 0.1) is 0 Å². The van der Waals surface area contributed by atoms with Crippen LogP contribution in [0.3, 0.4) is 0 Å². The molecule has 116 valence electrons. The summed E-state index contributed by atoms with van der Waals surface area (Å²) in [6.07, 6.45) is 22.6. The maximum atomic E-state index is 2.26. The fourth-order valence-electron chi connectivity index (χ4n) is 2.06. The summed E-state index contributed by atoms with van der Waals surface area (Å²) >= 11 is 0. The average molecular weight is 269 g/mol. The van der Waals surface area contributed by atoms with Gasteiger partial charge in [0, 0.05) is 0 Å². The van der Waals surface area contributed by atoms with E-state index in [1.807, 2.05) is 0 Å². The SMILES string of the molecule is C/C=C\CCCCCCCC.CCCCCCCC. The molecule has 0 aromatic rings. The van der Waals surface area contributed by atoms with Gasteiger partial charge in [0.1, 0.15) is 0 Å². The Labute approximate surface area is 124 Å². The molecule has 0 fully saturated rings. The van der Waals surface area contributed by atoms with Crippen LogP contribution in [0.25, 0.3) is 0 Å². The van der Waals surface area contributed by atoms with E-state index in [4.69, 9.17) is 0 Å². The van der Waals surface area contributed by atoms with Gasteiger partial charge < -0.3 is 0 Å². The standard InChI is InChI=1S/C11H22.C8H18/c1-3-5-7-9-11-10-8-6-4-2;1-3-5-7-8-6-4-2/h3,5H,4,6-11H2,1-2H3;3-8H2,1-2H3/b5-3-;. The van der Waals surface area contributed by atoms with Gasteiger partial charge >= 0.3 is 0 Å². The molecule has 0 aliphatic carbocycles. The minimum Gasteiger partial charge on any atom is -0.0917 e. The zero-order chi connectivity index (χ0) is 14.6. The van der Waals surface area contributed by atoms with E-state index in [0.717, 1.165) is 0 Å². The Bertz CT molecular complexity index is 140. The van der Waals surface area contributed by atoms with Crippen molar-refractivity contribution in [1.82, 2.24) is 0 Å². The zero-order valence-electron chi connectivity index (χ0n) is 14.3. The summed E-state index contributed by atoms with van der Waals surface area (Å²) in [4.78, 5) is 0.